The molecule has 1 heterocycles. The van der Waals surface area contributed by atoms with E-state index in [4.69, 9.17) is 0 Å². The molecule has 0 bridgehead atoms. The van der Waals surface area contributed by atoms with Gasteiger partial charge in [-0.3, -0.25) is 0 Å². The Hall–Kier alpha value is -0.980. The predicted octanol–water partition coefficient (Wildman–Crippen LogP) is 1.66. The van der Waals surface area contributed by atoms with Crippen LogP contribution in [0.25, 0.3) is 0 Å². The topological polar surface area (TPSA) is 15.8 Å². The van der Waals surface area contributed by atoms with E-state index in [1.165, 1.54) is 0 Å². The van der Waals surface area contributed by atoms with Crippen LogP contribution in [0.2, 0.25) is 0 Å². The summed E-state index contributed by atoms with van der Waals surface area (Å²) in [5.41, 5.74) is 2.11. The Morgan fingerprint density at radius 1 is 1.62 bits per heavy atom. The number of hydrogen-bond acceptors (Lipinski definition) is 0. The van der Waals surface area contributed by atoms with Gasteiger partial charge in [-0.25, -0.2) is 0 Å². The normalized spacial score (nSPS) is 9.12. The van der Waals surface area contributed by atoms with E-state index in [1.54, 1.807) is 0 Å². The molecule has 0 aliphatic heterocycles. The maximum atomic E-state index is 3.49. The molecule has 1 radical (unpaired) electrons. The van der Waals surface area contributed by atoms with Crippen molar-refractivity contribution < 1.29 is 0 Å². The number of H-pyrrole nitrogens is 1. The van der Waals surface area contributed by atoms with Gasteiger partial charge in [-0.2, -0.15) is 0 Å². The average molecular weight is 106 g/mol. The van der Waals surface area contributed by atoms with Crippen molar-refractivity contribution in [1.82, 2.24) is 4.98 Å². The summed E-state index contributed by atoms with van der Waals surface area (Å²) < 4.78 is 0. The molecule has 0 aromatic carbocycles. The van der Waals surface area contributed by atoms with Crippen molar-refractivity contribution in [3.8, 4) is 0 Å². The van der Waals surface area contributed by atoms with Crippen LogP contribution in [0.1, 0.15) is 11.4 Å². The predicted molar refractivity (Wildman–Crippen MR) is 33.5 cm³/mol. The van der Waals surface area contributed by atoms with Crippen molar-refractivity contribution in [1.29, 1.82) is 0 Å². The van der Waals surface area contributed by atoms with Crippen molar-refractivity contribution in [2.24, 2.45) is 0 Å². The molecule has 0 saturated carbocycles. The third-order valence-corrected chi connectivity index (χ3v) is 1.02. The fraction of sp³-hybridized carbons (Fsp3) is 0.143. The Morgan fingerprint density at radius 3 is 2.62 bits per heavy atom. The van der Waals surface area contributed by atoms with E-state index in [0.29, 0.717) is 0 Å². The van der Waals surface area contributed by atoms with Gasteiger partial charge < -0.3 is 4.98 Å². The molecule has 0 fully saturated rings. The molecule has 0 saturated heterocycles. The average Bonchev–Trinajstić information content (AvgIpc) is 2.14. The van der Waals surface area contributed by atoms with Gasteiger partial charge in [0, 0.05) is 11.4 Å². The van der Waals surface area contributed by atoms with Crippen LogP contribution in [0.3, 0.4) is 0 Å². The smallest absolute Gasteiger partial charge is 0.0456 e. The highest BCUT2D eigenvalue weighted by Crippen LogP contribution is 1.97. The molecule has 1 rings (SSSR count). The Bertz CT molecular complexity index is 186. The van der Waals surface area contributed by atoms with Crippen LogP contribution in [0.4, 0.5) is 0 Å². The van der Waals surface area contributed by atoms with Gasteiger partial charge in [-0.05, 0) is 25.1 Å². The third kappa shape index (κ3) is 0.808. The highest BCUT2D eigenvalue weighted by Gasteiger charge is 1.85. The molecular formula is C7H8N. The number of nitrogens with one attached hydrogen (secondary N) is 1. The van der Waals surface area contributed by atoms with Gasteiger partial charge in [-0.15, -0.1) is 0 Å². The van der Waals surface area contributed by atoms with Crippen LogP contribution in [-0.4, -0.2) is 4.98 Å². The van der Waals surface area contributed by atoms with E-state index in [-0.39, 0.29) is 0 Å². The van der Waals surface area contributed by atoms with E-state index < -0.39 is 0 Å². The number of aryl methyl sites for hydroxylation is 1. The second-order valence-electron chi connectivity index (χ2n) is 1.73. The number of rotatable bonds is 1. The molecule has 0 amide bonds. The third-order valence-electron chi connectivity index (χ3n) is 1.02. The van der Waals surface area contributed by atoms with Gasteiger partial charge in [0.05, 0.1) is 0 Å². The fourth-order valence-electron chi connectivity index (χ4n) is 0.607. The molecule has 0 aliphatic carbocycles. The summed E-state index contributed by atoms with van der Waals surface area (Å²) in [7, 11) is 0. The molecule has 0 aliphatic rings. The van der Waals surface area contributed by atoms with Gasteiger partial charge in [-0.1, -0.05) is 6.58 Å². The zero-order valence-electron chi connectivity index (χ0n) is 4.86. The zero-order valence-corrected chi connectivity index (χ0v) is 4.86. The number of hydrogen-bond donors (Lipinski definition) is 1. The Balaban J connectivity index is 3.00. The Morgan fingerprint density at radius 2 is 2.38 bits per heavy atom. The molecule has 0 spiro atoms. The lowest BCUT2D eigenvalue weighted by Crippen LogP contribution is -1.70. The summed E-state index contributed by atoms with van der Waals surface area (Å²) in [6.07, 6.45) is 2.74. The van der Waals surface area contributed by atoms with Gasteiger partial charge in [0.2, 0.25) is 0 Å². The van der Waals surface area contributed by atoms with Crippen LogP contribution >= 0.6 is 0 Å². The Labute approximate surface area is 49.0 Å². The molecule has 1 heteroatoms. The van der Waals surface area contributed by atoms with E-state index in [0.717, 1.165) is 11.4 Å². The van der Waals surface area contributed by atoms with Gasteiger partial charge in [0.1, 0.15) is 0 Å². The molecule has 1 N–H and O–H groups in total. The molecule has 8 heavy (non-hydrogen) atoms. The van der Waals surface area contributed by atoms with E-state index in [2.05, 4.69) is 17.6 Å². The maximum Gasteiger partial charge on any atom is 0.0456 e. The second kappa shape index (κ2) is 1.86. The van der Waals surface area contributed by atoms with E-state index >= 15 is 0 Å². The first kappa shape index (κ1) is 5.16. The van der Waals surface area contributed by atoms with Crippen LogP contribution < -0.4 is 0 Å². The minimum atomic E-state index is 0.961. The molecular weight excluding hydrogens is 98.1 g/mol. The van der Waals surface area contributed by atoms with Crippen LogP contribution in [0.15, 0.2) is 18.7 Å². The highest BCUT2D eigenvalue weighted by molar-refractivity contribution is 5.16. The maximum absolute atomic E-state index is 3.49. The van der Waals surface area contributed by atoms with Crippen molar-refractivity contribution >= 4 is 0 Å². The quantitative estimate of drug-likeness (QED) is 0.560. The van der Waals surface area contributed by atoms with E-state index in [1.807, 2.05) is 19.1 Å². The molecule has 1 nitrogen and oxygen atoms in total. The molecule has 0 atom stereocenters. The largest absolute Gasteiger partial charge is 0.359 e. The highest BCUT2D eigenvalue weighted by atomic mass is 14.7. The van der Waals surface area contributed by atoms with Gasteiger partial charge >= 0.3 is 0 Å². The van der Waals surface area contributed by atoms with Crippen LogP contribution in [0.5, 0.6) is 0 Å². The monoisotopic (exact) mass is 106 g/mol. The van der Waals surface area contributed by atoms with Crippen molar-refractivity contribution in [3.05, 3.63) is 36.2 Å². The minimum absolute atomic E-state index is 0.961. The van der Waals surface area contributed by atoms with Crippen LogP contribution in [0, 0.1) is 13.0 Å². The Kier molecular flexibility index (Phi) is 1.20. The van der Waals surface area contributed by atoms with Crippen molar-refractivity contribution in [2.75, 3.05) is 0 Å². The van der Waals surface area contributed by atoms with Crippen molar-refractivity contribution in [2.45, 2.75) is 6.92 Å². The first-order chi connectivity index (χ1) is 3.83. The van der Waals surface area contributed by atoms with Crippen molar-refractivity contribution in [3.63, 3.8) is 0 Å². The fourth-order valence-corrected chi connectivity index (χ4v) is 0.607. The van der Waals surface area contributed by atoms with Gasteiger partial charge in [0.25, 0.3) is 0 Å². The summed E-state index contributed by atoms with van der Waals surface area (Å²) in [5, 5.41) is 0. The first-order valence-corrected chi connectivity index (χ1v) is 2.51. The zero-order chi connectivity index (χ0) is 5.98. The summed E-state index contributed by atoms with van der Waals surface area (Å²) >= 11 is 0. The summed E-state index contributed by atoms with van der Waals surface area (Å²) in [6.45, 7) is 5.49. The second-order valence-corrected chi connectivity index (χ2v) is 1.73. The lowest BCUT2D eigenvalue weighted by atomic mass is 10.4. The first-order valence-electron chi connectivity index (χ1n) is 2.51. The summed E-state index contributed by atoms with van der Waals surface area (Å²) in [4.78, 5) is 3.05. The summed E-state index contributed by atoms with van der Waals surface area (Å²) in [6, 6.07) is 3.94. The lowest BCUT2D eigenvalue weighted by molar-refractivity contribution is 1.23. The van der Waals surface area contributed by atoms with E-state index in [9.17, 15) is 0 Å². The minimum Gasteiger partial charge on any atom is -0.359 e. The summed E-state index contributed by atoms with van der Waals surface area (Å²) in [5.74, 6) is 0. The molecule has 1 aromatic rings. The lowest BCUT2D eigenvalue weighted by Gasteiger charge is -1.79. The SMILES string of the molecule is C=[C]c1ccc(C)[nH]1. The number of aromatic amines is 1. The standard InChI is InChI=1S/C7H8N/c1-3-7-5-4-6(2)8-7/h4-5,8H,1H2,2H3. The molecule has 1 aromatic heterocycles. The van der Waals surface area contributed by atoms with Gasteiger partial charge in [0.15, 0.2) is 0 Å². The molecule has 41 valence electrons. The molecule has 0 unspecified atom stereocenters. The number of aromatic nitrogens is 1. The van der Waals surface area contributed by atoms with Crippen LogP contribution in [-0.2, 0) is 0 Å².